The van der Waals surface area contributed by atoms with Gasteiger partial charge in [0, 0.05) is 33.0 Å². The Bertz CT molecular complexity index is 307. The predicted molar refractivity (Wildman–Crippen MR) is 58.9 cm³/mol. The second-order valence-electron chi connectivity index (χ2n) is 3.31. The number of nitrogens with zero attached hydrogens (tertiary/aromatic N) is 1. The van der Waals surface area contributed by atoms with Crippen LogP contribution in [-0.4, -0.2) is 30.2 Å². The van der Waals surface area contributed by atoms with Gasteiger partial charge in [-0.1, -0.05) is 0 Å². The minimum atomic E-state index is -0.0287. The van der Waals surface area contributed by atoms with Crippen LogP contribution in [0.4, 0.5) is 0 Å². The van der Waals surface area contributed by atoms with E-state index in [9.17, 15) is 4.79 Å². The maximum absolute atomic E-state index is 11.6. The Kier molecular flexibility index (Phi) is 4.90. The summed E-state index contributed by atoms with van der Waals surface area (Å²) in [5.41, 5.74) is 0.686. The van der Waals surface area contributed by atoms with Gasteiger partial charge in [-0.25, -0.2) is 0 Å². The van der Waals surface area contributed by atoms with Gasteiger partial charge in [-0.3, -0.25) is 4.79 Å². The molecule has 0 unspecified atom stereocenters. The molecule has 0 atom stereocenters. The van der Waals surface area contributed by atoms with Crippen LogP contribution in [0.3, 0.4) is 0 Å². The van der Waals surface area contributed by atoms with Crippen LogP contribution >= 0.6 is 0 Å². The highest BCUT2D eigenvalue weighted by molar-refractivity contribution is 5.92. The van der Waals surface area contributed by atoms with Crippen LogP contribution in [0.2, 0.25) is 0 Å². The summed E-state index contributed by atoms with van der Waals surface area (Å²) in [5, 5.41) is 2.85. The smallest absolute Gasteiger partial charge is 0.267 e. The molecule has 0 spiro atoms. The van der Waals surface area contributed by atoms with E-state index in [1.807, 2.05) is 26.2 Å². The van der Waals surface area contributed by atoms with E-state index in [0.29, 0.717) is 18.8 Å². The average molecular weight is 210 g/mol. The molecule has 84 valence electrons. The lowest BCUT2D eigenvalue weighted by molar-refractivity contribution is 0.0936. The number of nitrogens with one attached hydrogen (secondary N) is 1. The molecule has 0 aliphatic carbocycles. The maximum Gasteiger partial charge on any atom is 0.267 e. The third-order valence-electron chi connectivity index (χ3n) is 2.13. The fourth-order valence-corrected chi connectivity index (χ4v) is 1.31. The van der Waals surface area contributed by atoms with Gasteiger partial charge in [0.1, 0.15) is 5.69 Å². The topological polar surface area (TPSA) is 43.3 Å². The first-order valence-electron chi connectivity index (χ1n) is 5.23. The molecule has 0 aliphatic rings. The Morgan fingerprint density at radius 3 is 3.00 bits per heavy atom. The van der Waals surface area contributed by atoms with E-state index in [4.69, 9.17) is 4.74 Å². The summed E-state index contributed by atoms with van der Waals surface area (Å²) in [6, 6.07) is 3.66. The molecule has 0 radical (unpaired) electrons. The standard InChI is InChI=1S/C11H18N2O2/c1-3-15-9-5-7-12-11(14)10-6-4-8-13(10)2/h4,6,8H,3,5,7,9H2,1-2H3,(H,12,14). The first kappa shape index (κ1) is 11.8. The third-order valence-corrected chi connectivity index (χ3v) is 2.13. The van der Waals surface area contributed by atoms with E-state index in [1.54, 1.807) is 10.6 Å². The van der Waals surface area contributed by atoms with Gasteiger partial charge in [-0.15, -0.1) is 0 Å². The highest BCUT2D eigenvalue weighted by Gasteiger charge is 2.06. The summed E-state index contributed by atoms with van der Waals surface area (Å²) in [4.78, 5) is 11.6. The highest BCUT2D eigenvalue weighted by Crippen LogP contribution is 1.98. The van der Waals surface area contributed by atoms with Gasteiger partial charge >= 0.3 is 0 Å². The van der Waals surface area contributed by atoms with Crippen molar-refractivity contribution in [1.82, 2.24) is 9.88 Å². The maximum atomic E-state index is 11.6. The van der Waals surface area contributed by atoms with Crippen molar-refractivity contribution in [3.63, 3.8) is 0 Å². The molecule has 1 aromatic rings. The first-order chi connectivity index (χ1) is 7.25. The van der Waals surface area contributed by atoms with Crippen molar-refractivity contribution in [2.75, 3.05) is 19.8 Å². The van der Waals surface area contributed by atoms with Gasteiger partial charge < -0.3 is 14.6 Å². The van der Waals surface area contributed by atoms with Crippen molar-refractivity contribution < 1.29 is 9.53 Å². The van der Waals surface area contributed by atoms with E-state index < -0.39 is 0 Å². The Labute approximate surface area is 90.2 Å². The number of carbonyl (C=O) groups is 1. The van der Waals surface area contributed by atoms with Gasteiger partial charge in [0.25, 0.3) is 5.91 Å². The molecule has 1 N–H and O–H groups in total. The van der Waals surface area contributed by atoms with Crippen molar-refractivity contribution in [1.29, 1.82) is 0 Å². The third kappa shape index (κ3) is 3.75. The molecule has 1 heterocycles. The van der Waals surface area contributed by atoms with Gasteiger partial charge in [-0.05, 0) is 25.5 Å². The Morgan fingerprint density at radius 1 is 1.60 bits per heavy atom. The number of aromatic nitrogens is 1. The van der Waals surface area contributed by atoms with Crippen LogP contribution in [0.1, 0.15) is 23.8 Å². The summed E-state index contributed by atoms with van der Waals surface area (Å²) in [5.74, 6) is -0.0287. The van der Waals surface area contributed by atoms with Gasteiger partial charge in [0.2, 0.25) is 0 Å². The normalized spacial score (nSPS) is 10.3. The number of ether oxygens (including phenoxy) is 1. The fraction of sp³-hybridized carbons (Fsp3) is 0.545. The molecule has 0 aliphatic heterocycles. The quantitative estimate of drug-likeness (QED) is 0.716. The SMILES string of the molecule is CCOCCCNC(=O)c1cccn1C. The van der Waals surface area contributed by atoms with Crippen LogP contribution in [0.5, 0.6) is 0 Å². The molecule has 0 aromatic carbocycles. The number of rotatable bonds is 6. The zero-order chi connectivity index (χ0) is 11.1. The summed E-state index contributed by atoms with van der Waals surface area (Å²) in [6.45, 7) is 4.04. The van der Waals surface area contributed by atoms with Gasteiger partial charge in [-0.2, -0.15) is 0 Å². The van der Waals surface area contributed by atoms with Crippen molar-refractivity contribution in [3.05, 3.63) is 24.0 Å². The van der Waals surface area contributed by atoms with Crippen LogP contribution in [0.25, 0.3) is 0 Å². The minimum absolute atomic E-state index is 0.0287. The first-order valence-corrected chi connectivity index (χ1v) is 5.23. The van der Waals surface area contributed by atoms with E-state index in [2.05, 4.69) is 5.32 Å². The van der Waals surface area contributed by atoms with E-state index >= 15 is 0 Å². The summed E-state index contributed by atoms with van der Waals surface area (Å²) < 4.78 is 6.98. The molecule has 1 amide bonds. The summed E-state index contributed by atoms with van der Waals surface area (Å²) in [6.07, 6.45) is 2.71. The largest absolute Gasteiger partial charge is 0.382 e. The zero-order valence-electron chi connectivity index (χ0n) is 9.32. The van der Waals surface area contributed by atoms with Crippen molar-refractivity contribution in [2.24, 2.45) is 7.05 Å². The van der Waals surface area contributed by atoms with Crippen LogP contribution < -0.4 is 5.32 Å². The van der Waals surface area contributed by atoms with Crippen LogP contribution in [-0.2, 0) is 11.8 Å². The second kappa shape index (κ2) is 6.24. The van der Waals surface area contributed by atoms with Gasteiger partial charge in [0.15, 0.2) is 0 Å². The van der Waals surface area contributed by atoms with E-state index in [1.165, 1.54) is 0 Å². The van der Waals surface area contributed by atoms with Crippen molar-refractivity contribution >= 4 is 5.91 Å². The molecule has 1 rings (SSSR count). The lowest BCUT2D eigenvalue weighted by Crippen LogP contribution is -2.26. The molecule has 0 fully saturated rings. The lowest BCUT2D eigenvalue weighted by Gasteiger charge is -2.05. The van der Waals surface area contributed by atoms with Crippen molar-refractivity contribution in [3.8, 4) is 0 Å². The zero-order valence-corrected chi connectivity index (χ0v) is 9.32. The van der Waals surface area contributed by atoms with Crippen LogP contribution in [0.15, 0.2) is 18.3 Å². The number of hydrogen-bond acceptors (Lipinski definition) is 2. The molecule has 0 saturated carbocycles. The molecule has 0 saturated heterocycles. The lowest BCUT2D eigenvalue weighted by atomic mass is 10.3. The molecule has 1 aromatic heterocycles. The molecule has 4 nitrogen and oxygen atoms in total. The molecule has 4 heteroatoms. The number of aryl methyl sites for hydroxylation is 1. The predicted octanol–water partition coefficient (Wildman–Crippen LogP) is 1.18. The number of hydrogen-bond donors (Lipinski definition) is 1. The second-order valence-corrected chi connectivity index (χ2v) is 3.31. The minimum Gasteiger partial charge on any atom is -0.382 e. The Balaban J connectivity index is 2.22. The molecular weight excluding hydrogens is 192 g/mol. The number of amides is 1. The monoisotopic (exact) mass is 210 g/mol. The Morgan fingerprint density at radius 2 is 2.40 bits per heavy atom. The van der Waals surface area contributed by atoms with Crippen molar-refractivity contribution in [2.45, 2.75) is 13.3 Å². The number of carbonyl (C=O) groups excluding carboxylic acids is 1. The van der Waals surface area contributed by atoms with Gasteiger partial charge in [0.05, 0.1) is 0 Å². The molecule has 15 heavy (non-hydrogen) atoms. The molecule has 0 bridgehead atoms. The average Bonchev–Trinajstić information content (AvgIpc) is 2.64. The van der Waals surface area contributed by atoms with Crippen LogP contribution in [0, 0.1) is 0 Å². The molecular formula is C11H18N2O2. The summed E-state index contributed by atoms with van der Waals surface area (Å²) >= 11 is 0. The summed E-state index contributed by atoms with van der Waals surface area (Å²) in [7, 11) is 1.86. The Hall–Kier alpha value is -1.29. The fourth-order valence-electron chi connectivity index (χ4n) is 1.31. The van der Waals surface area contributed by atoms with E-state index in [0.717, 1.165) is 13.0 Å². The van der Waals surface area contributed by atoms with E-state index in [-0.39, 0.29) is 5.91 Å². The highest BCUT2D eigenvalue weighted by atomic mass is 16.5.